The van der Waals surface area contributed by atoms with E-state index in [1.165, 1.54) is 12.5 Å². The second kappa shape index (κ2) is 8.42. The van der Waals surface area contributed by atoms with Crippen LogP contribution in [0.4, 0.5) is 5.69 Å². The summed E-state index contributed by atoms with van der Waals surface area (Å²) in [4.78, 5) is 16.9. The Labute approximate surface area is 186 Å². The highest BCUT2D eigenvalue weighted by atomic mass is 32.2. The summed E-state index contributed by atoms with van der Waals surface area (Å²) < 4.78 is 37.1. The Morgan fingerprint density at radius 3 is 2.44 bits per heavy atom. The number of ether oxygens (including phenoxy) is 1. The van der Waals surface area contributed by atoms with Gasteiger partial charge < -0.3 is 9.30 Å². The Bertz CT molecular complexity index is 1340. The first-order valence-electron chi connectivity index (χ1n) is 9.91. The summed E-state index contributed by atoms with van der Waals surface area (Å²) in [5, 5.41) is -0.0367. The molecule has 4 rings (SSSR count). The van der Waals surface area contributed by atoms with Crippen molar-refractivity contribution in [1.82, 2.24) is 29.1 Å². The third-order valence-corrected chi connectivity index (χ3v) is 5.92. The Morgan fingerprint density at radius 2 is 1.81 bits per heavy atom. The number of hydrogen-bond acceptors (Lipinski definition) is 7. The fourth-order valence-electron chi connectivity index (χ4n) is 2.98. The van der Waals surface area contributed by atoms with Gasteiger partial charge in [-0.3, -0.25) is 9.29 Å². The van der Waals surface area contributed by atoms with Gasteiger partial charge in [0.1, 0.15) is 23.2 Å². The van der Waals surface area contributed by atoms with E-state index in [0.29, 0.717) is 29.0 Å². The zero-order chi connectivity index (χ0) is 22.9. The SMILES string of the molecule is Cc1nc(Oc2ccc(NS(=O)(=O)c3cn(C(C)C)cn3)cc2)cc(-n2ccnc2C)n1. The smallest absolute Gasteiger partial charge is 0.280 e. The maximum Gasteiger partial charge on any atom is 0.280 e. The number of nitrogens with one attached hydrogen (secondary N) is 1. The first kappa shape index (κ1) is 21.5. The molecule has 0 saturated heterocycles. The van der Waals surface area contributed by atoms with Crippen molar-refractivity contribution in [3.05, 3.63) is 66.9 Å². The van der Waals surface area contributed by atoms with Crippen LogP contribution in [0.5, 0.6) is 11.6 Å². The van der Waals surface area contributed by atoms with Crippen LogP contribution in [0, 0.1) is 13.8 Å². The predicted molar refractivity (Wildman–Crippen MR) is 119 cm³/mol. The summed E-state index contributed by atoms with van der Waals surface area (Å²) in [6.45, 7) is 7.55. The summed E-state index contributed by atoms with van der Waals surface area (Å²) in [6, 6.07) is 8.37. The minimum Gasteiger partial charge on any atom is -0.439 e. The van der Waals surface area contributed by atoms with Crippen molar-refractivity contribution in [3.63, 3.8) is 0 Å². The normalized spacial score (nSPS) is 11.7. The molecule has 0 atom stereocenters. The molecule has 0 amide bonds. The average Bonchev–Trinajstić information content (AvgIpc) is 3.39. The van der Waals surface area contributed by atoms with E-state index in [0.717, 1.165) is 5.82 Å². The van der Waals surface area contributed by atoms with Crippen LogP contribution in [0.2, 0.25) is 0 Å². The fourth-order valence-corrected chi connectivity index (χ4v) is 3.98. The van der Waals surface area contributed by atoms with Gasteiger partial charge in [0.2, 0.25) is 5.88 Å². The zero-order valence-electron chi connectivity index (χ0n) is 18.1. The number of rotatable bonds is 7. The summed E-state index contributed by atoms with van der Waals surface area (Å²) in [7, 11) is -3.79. The predicted octanol–water partition coefficient (Wildman–Crippen LogP) is 3.65. The number of aryl methyl sites for hydroxylation is 2. The van der Waals surface area contributed by atoms with Crippen LogP contribution in [0.25, 0.3) is 5.82 Å². The van der Waals surface area contributed by atoms with E-state index in [1.54, 1.807) is 48.0 Å². The molecular weight excluding hydrogens is 430 g/mol. The van der Waals surface area contributed by atoms with Gasteiger partial charge in [0.15, 0.2) is 5.03 Å². The molecule has 0 bridgehead atoms. The minimum absolute atomic E-state index is 0.0367. The summed E-state index contributed by atoms with van der Waals surface area (Å²) in [6.07, 6.45) is 6.51. The molecule has 1 N–H and O–H groups in total. The number of anilines is 1. The van der Waals surface area contributed by atoms with Gasteiger partial charge in [-0.1, -0.05) is 0 Å². The van der Waals surface area contributed by atoms with Crippen LogP contribution in [0.1, 0.15) is 31.5 Å². The Balaban J connectivity index is 1.50. The second-order valence-electron chi connectivity index (χ2n) is 7.44. The third-order valence-electron chi connectivity index (χ3n) is 4.65. The van der Waals surface area contributed by atoms with Crippen LogP contribution in [-0.2, 0) is 10.0 Å². The van der Waals surface area contributed by atoms with Gasteiger partial charge in [-0.15, -0.1) is 0 Å². The molecule has 3 heterocycles. The van der Waals surface area contributed by atoms with E-state index < -0.39 is 10.0 Å². The quantitative estimate of drug-likeness (QED) is 0.454. The lowest BCUT2D eigenvalue weighted by atomic mass is 10.3. The average molecular weight is 454 g/mol. The maximum atomic E-state index is 12.6. The Hall–Kier alpha value is -3.73. The first-order chi connectivity index (χ1) is 15.2. The maximum absolute atomic E-state index is 12.6. The summed E-state index contributed by atoms with van der Waals surface area (Å²) in [5.41, 5.74) is 0.394. The Morgan fingerprint density at radius 1 is 1.06 bits per heavy atom. The van der Waals surface area contributed by atoms with Crippen molar-refractivity contribution in [1.29, 1.82) is 0 Å². The minimum atomic E-state index is -3.79. The second-order valence-corrected chi connectivity index (χ2v) is 9.07. The van der Waals surface area contributed by atoms with Gasteiger partial charge in [-0.05, 0) is 52.0 Å². The largest absolute Gasteiger partial charge is 0.439 e. The van der Waals surface area contributed by atoms with E-state index >= 15 is 0 Å². The van der Waals surface area contributed by atoms with Crippen LogP contribution in [0.15, 0.2) is 60.3 Å². The molecule has 0 unspecified atom stereocenters. The van der Waals surface area contributed by atoms with Gasteiger partial charge in [-0.25, -0.2) is 15.0 Å². The zero-order valence-corrected chi connectivity index (χ0v) is 18.9. The molecule has 11 heteroatoms. The topological polar surface area (TPSA) is 117 Å². The van der Waals surface area contributed by atoms with E-state index in [-0.39, 0.29) is 11.1 Å². The lowest BCUT2D eigenvalue weighted by Gasteiger charge is -2.10. The van der Waals surface area contributed by atoms with Crippen LogP contribution in [-0.4, -0.2) is 37.5 Å². The number of nitrogens with zero attached hydrogens (tertiary/aromatic N) is 6. The molecule has 0 spiro atoms. The van der Waals surface area contributed by atoms with Crippen molar-refractivity contribution in [2.24, 2.45) is 0 Å². The van der Waals surface area contributed by atoms with Crippen LogP contribution in [0.3, 0.4) is 0 Å². The molecule has 3 aromatic heterocycles. The molecular formula is C21H23N7O3S. The molecule has 32 heavy (non-hydrogen) atoms. The molecule has 0 saturated carbocycles. The summed E-state index contributed by atoms with van der Waals surface area (Å²) >= 11 is 0. The number of hydrogen-bond donors (Lipinski definition) is 1. The molecule has 0 aliphatic carbocycles. The van der Waals surface area contributed by atoms with Gasteiger partial charge >= 0.3 is 0 Å². The number of benzene rings is 1. The van der Waals surface area contributed by atoms with Crippen LogP contribution < -0.4 is 9.46 Å². The van der Waals surface area contributed by atoms with Gasteiger partial charge in [0.25, 0.3) is 10.0 Å². The monoisotopic (exact) mass is 453 g/mol. The molecule has 1 aromatic carbocycles. The van der Waals surface area contributed by atoms with E-state index in [1.807, 2.05) is 31.5 Å². The first-order valence-corrected chi connectivity index (χ1v) is 11.4. The van der Waals surface area contributed by atoms with Crippen LogP contribution >= 0.6 is 0 Å². The molecule has 4 aromatic rings. The highest BCUT2D eigenvalue weighted by molar-refractivity contribution is 7.92. The highest BCUT2D eigenvalue weighted by Gasteiger charge is 2.18. The van der Waals surface area contributed by atoms with Crippen molar-refractivity contribution in [2.45, 2.75) is 38.8 Å². The molecule has 0 radical (unpaired) electrons. The van der Waals surface area contributed by atoms with E-state index in [4.69, 9.17) is 4.74 Å². The summed E-state index contributed by atoms with van der Waals surface area (Å²) in [5.74, 6) is 2.86. The van der Waals surface area contributed by atoms with Crippen molar-refractivity contribution < 1.29 is 13.2 Å². The van der Waals surface area contributed by atoms with E-state index in [9.17, 15) is 8.42 Å². The molecule has 0 fully saturated rings. The highest BCUT2D eigenvalue weighted by Crippen LogP contribution is 2.24. The number of sulfonamides is 1. The fraction of sp³-hybridized carbons (Fsp3) is 0.238. The van der Waals surface area contributed by atoms with Gasteiger partial charge in [0, 0.05) is 36.4 Å². The van der Waals surface area contributed by atoms with E-state index in [2.05, 4.69) is 24.7 Å². The lowest BCUT2D eigenvalue weighted by molar-refractivity contribution is 0.459. The van der Waals surface area contributed by atoms with Gasteiger partial charge in [0.05, 0.1) is 6.33 Å². The third kappa shape index (κ3) is 4.62. The standard InChI is InChI=1S/C21H23N7O3S/c1-14(2)27-12-21(23-13-27)32(29,30)26-17-5-7-18(8-6-17)31-20-11-19(24-15(3)25-20)28-10-9-22-16(28)4/h5-14,26H,1-4H3. The van der Waals surface area contributed by atoms with Crippen molar-refractivity contribution in [2.75, 3.05) is 4.72 Å². The Kier molecular flexibility index (Phi) is 5.66. The number of imidazole rings is 2. The van der Waals surface area contributed by atoms with Crippen molar-refractivity contribution in [3.8, 4) is 17.4 Å². The van der Waals surface area contributed by atoms with Crippen molar-refractivity contribution >= 4 is 15.7 Å². The molecule has 0 aliphatic heterocycles. The lowest BCUT2D eigenvalue weighted by Crippen LogP contribution is -2.13. The molecule has 166 valence electrons. The molecule has 10 nitrogen and oxygen atoms in total. The van der Waals surface area contributed by atoms with Gasteiger partial charge in [-0.2, -0.15) is 13.4 Å². The molecule has 0 aliphatic rings. The number of aromatic nitrogens is 6.